The molecule has 1 N–H and O–H groups in total. The summed E-state index contributed by atoms with van der Waals surface area (Å²) in [6.07, 6.45) is -10.3. The highest BCUT2D eigenvalue weighted by Crippen LogP contribution is 2.38. The normalized spacial score (nSPS) is 12.7. The molecule has 2 aromatic rings. The summed E-state index contributed by atoms with van der Waals surface area (Å²) in [4.78, 5) is 18.9. The molecule has 2 rings (SSSR count). The molecule has 0 fully saturated rings. The van der Waals surface area contributed by atoms with E-state index < -0.39 is 50.4 Å². The van der Waals surface area contributed by atoms with Gasteiger partial charge in [0.05, 0.1) is 9.26 Å². The Morgan fingerprint density at radius 1 is 1.14 bits per heavy atom. The summed E-state index contributed by atoms with van der Waals surface area (Å²) < 4.78 is 80.2. The Morgan fingerprint density at radius 2 is 1.69 bits per heavy atom. The van der Waals surface area contributed by atoms with Gasteiger partial charge in [-0.1, -0.05) is 32.5 Å². The number of halogens is 7. The zero-order valence-electron chi connectivity index (χ0n) is 15.0. The number of carbonyl (C=O) groups is 1. The van der Waals surface area contributed by atoms with Crippen LogP contribution in [0.15, 0.2) is 5.16 Å². The predicted octanol–water partition coefficient (Wildman–Crippen LogP) is 5.07. The number of carboxylic acid groups (broad SMARTS) is 1. The lowest BCUT2D eigenvalue weighted by atomic mass is 10.1. The summed E-state index contributed by atoms with van der Waals surface area (Å²) in [6, 6.07) is 0. The molecule has 6 nitrogen and oxygen atoms in total. The highest BCUT2D eigenvalue weighted by atomic mass is 127. The maximum absolute atomic E-state index is 13.4. The molecule has 0 radical (unpaired) electrons. The first-order chi connectivity index (χ1) is 13.2. The van der Waals surface area contributed by atoms with Gasteiger partial charge in [0.15, 0.2) is 22.4 Å². The third-order valence-corrected chi connectivity index (χ3v) is 5.28. The van der Waals surface area contributed by atoms with Gasteiger partial charge < -0.3 is 5.11 Å². The van der Waals surface area contributed by atoms with Gasteiger partial charge in [0.1, 0.15) is 5.56 Å². The molecular weight excluding hydrogens is 541 g/mol. The van der Waals surface area contributed by atoms with E-state index in [1.54, 1.807) is 13.8 Å². The molecule has 0 saturated carbocycles. The number of hydrogen-bond acceptors (Lipinski definition) is 5. The minimum Gasteiger partial charge on any atom is -0.478 e. The fraction of sp³-hybridized carbons (Fsp3) is 0.467. The standard InChI is InChI=1S/C15H13F6IN4O2S/c1-4-6-7(12(27)28)9(14(16,17)18)25-26(6)11-8(22)10(15(19,20)21)23-13(24-11)29-5(2)3/h5H,4H2,1-3H3,(H,27,28). The van der Waals surface area contributed by atoms with Crippen LogP contribution in [-0.2, 0) is 18.8 Å². The van der Waals surface area contributed by atoms with Crippen LogP contribution in [0.5, 0.6) is 0 Å². The Hall–Kier alpha value is -1.58. The lowest BCUT2D eigenvalue weighted by molar-refractivity contribution is -0.143. The van der Waals surface area contributed by atoms with E-state index in [9.17, 15) is 36.2 Å². The van der Waals surface area contributed by atoms with Gasteiger partial charge in [-0.2, -0.15) is 31.4 Å². The number of alkyl halides is 6. The zero-order valence-corrected chi connectivity index (χ0v) is 18.0. The quantitative estimate of drug-likeness (QED) is 0.241. The Morgan fingerprint density at radius 3 is 2.10 bits per heavy atom. The van der Waals surface area contributed by atoms with Crippen molar-refractivity contribution in [2.45, 2.75) is 50.0 Å². The Bertz CT molecular complexity index is 942. The van der Waals surface area contributed by atoms with Crippen LogP contribution >= 0.6 is 34.4 Å². The third kappa shape index (κ3) is 4.95. The second-order valence-electron chi connectivity index (χ2n) is 5.90. The topological polar surface area (TPSA) is 80.9 Å². The molecule has 160 valence electrons. The molecule has 0 atom stereocenters. The molecule has 0 aliphatic rings. The molecule has 0 aliphatic heterocycles. The Balaban J connectivity index is 2.91. The van der Waals surface area contributed by atoms with E-state index in [2.05, 4.69) is 15.1 Å². The maximum Gasteiger partial charge on any atom is 0.436 e. The van der Waals surface area contributed by atoms with E-state index in [-0.39, 0.29) is 16.8 Å². The van der Waals surface area contributed by atoms with Gasteiger partial charge in [-0.3, -0.25) is 0 Å². The number of nitrogens with zero attached hydrogens (tertiary/aromatic N) is 4. The summed E-state index contributed by atoms with van der Waals surface area (Å²) in [7, 11) is 0. The lowest BCUT2D eigenvalue weighted by Gasteiger charge is -2.15. The van der Waals surface area contributed by atoms with Crippen molar-refractivity contribution in [2.24, 2.45) is 0 Å². The summed E-state index contributed by atoms with van der Waals surface area (Å²) in [5.74, 6) is -2.46. The van der Waals surface area contributed by atoms with Gasteiger partial charge in [0.25, 0.3) is 0 Å². The fourth-order valence-electron chi connectivity index (χ4n) is 2.38. The summed E-state index contributed by atoms with van der Waals surface area (Å²) >= 11 is 2.15. The van der Waals surface area contributed by atoms with Crippen LogP contribution in [0, 0.1) is 3.57 Å². The van der Waals surface area contributed by atoms with Crippen molar-refractivity contribution in [3.63, 3.8) is 0 Å². The van der Waals surface area contributed by atoms with Gasteiger partial charge in [0, 0.05) is 5.25 Å². The average Bonchev–Trinajstić information content (AvgIpc) is 2.94. The van der Waals surface area contributed by atoms with Crippen molar-refractivity contribution in [1.82, 2.24) is 19.7 Å². The lowest BCUT2D eigenvalue weighted by Crippen LogP contribution is -2.18. The van der Waals surface area contributed by atoms with Crippen LogP contribution < -0.4 is 0 Å². The fourth-order valence-corrected chi connectivity index (χ4v) is 3.87. The van der Waals surface area contributed by atoms with Crippen molar-refractivity contribution >= 4 is 40.3 Å². The van der Waals surface area contributed by atoms with Gasteiger partial charge in [-0.25, -0.2) is 19.4 Å². The first-order valence-corrected chi connectivity index (χ1v) is 9.88. The van der Waals surface area contributed by atoms with Crippen molar-refractivity contribution in [3.05, 3.63) is 26.2 Å². The van der Waals surface area contributed by atoms with Crippen LogP contribution in [-0.4, -0.2) is 36.1 Å². The maximum atomic E-state index is 13.4. The number of aromatic carboxylic acids is 1. The highest BCUT2D eigenvalue weighted by Gasteiger charge is 2.43. The van der Waals surface area contributed by atoms with Crippen molar-refractivity contribution < 1.29 is 36.2 Å². The van der Waals surface area contributed by atoms with E-state index in [4.69, 9.17) is 0 Å². The van der Waals surface area contributed by atoms with Gasteiger partial charge in [0.2, 0.25) is 0 Å². The second-order valence-corrected chi connectivity index (χ2v) is 8.52. The largest absolute Gasteiger partial charge is 0.478 e. The molecule has 2 aromatic heterocycles. The smallest absolute Gasteiger partial charge is 0.436 e. The minimum absolute atomic E-state index is 0.215. The predicted molar refractivity (Wildman–Crippen MR) is 99.2 cm³/mol. The highest BCUT2D eigenvalue weighted by molar-refractivity contribution is 14.1. The van der Waals surface area contributed by atoms with E-state index in [0.717, 1.165) is 11.8 Å². The minimum atomic E-state index is -5.12. The van der Waals surface area contributed by atoms with Gasteiger partial charge >= 0.3 is 18.3 Å². The Labute approximate surface area is 178 Å². The average molecular weight is 554 g/mol. The first-order valence-electron chi connectivity index (χ1n) is 7.92. The molecule has 0 saturated heterocycles. The van der Waals surface area contributed by atoms with Gasteiger partial charge in [-0.15, -0.1) is 0 Å². The van der Waals surface area contributed by atoms with Gasteiger partial charge in [-0.05, 0) is 29.0 Å². The molecule has 29 heavy (non-hydrogen) atoms. The second kappa shape index (κ2) is 8.28. The number of aromatic nitrogens is 4. The van der Waals surface area contributed by atoms with Crippen molar-refractivity contribution in [2.75, 3.05) is 0 Å². The summed E-state index contributed by atoms with van der Waals surface area (Å²) in [5.41, 5.74) is -4.59. The molecular formula is C15H13F6IN4O2S. The third-order valence-electron chi connectivity index (χ3n) is 3.42. The van der Waals surface area contributed by atoms with E-state index in [1.807, 2.05) is 0 Å². The summed E-state index contributed by atoms with van der Waals surface area (Å²) in [6.45, 7) is 4.71. The van der Waals surface area contributed by atoms with E-state index in [1.165, 1.54) is 29.5 Å². The molecule has 0 aliphatic carbocycles. The number of thioether (sulfide) groups is 1. The van der Waals surface area contributed by atoms with Crippen LogP contribution in [0.3, 0.4) is 0 Å². The molecule has 0 bridgehead atoms. The van der Waals surface area contributed by atoms with Crippen LogP contribution in [0.2, 0.25) is 0 Å². The first kappa shape index (κ1) is 23.7. The number of rotatable bonds is 5. The molecule has 0 unspecified atom stereocenters. The van der Waals surface area contributed by atoms with Crippen molar-refractivity contribution in [3.8, 4) is 5.82 Å². The molecule has 2 heterocycles. The van der Waals surface area contributed by atoms with Crippen LogP contribution in [0.4, 0.5) is 26.3 Å². The Kier molecular flexibility index (Phi) is 6.76. The number of hydrogen-bond donors (Lipinski definition) is 1. The molecule has 0 spiro atoms. The molecule has 0 amide bonds. The molecule has 14 heteroatoms. The van der Waals surface area contributed by atoms with E-state index in [0.29, 0.717) is 4.68 Å². The van der Waals surface area contributed by atoms with E-state index >= 15 is 0 Å². The monoisotopic (exact) mass is 554 g/mol. The van der Waals surface area contributed by atoms with Crippen LogP contribution in [0.25, 0.3) is 5.82 Å². The SMILES string of the molecule is CCc1c(C(=O)O)c(C(F)(F)F)nn1-c1nc(SC(C)C)nc(C(F)(F)F)c1I. The molecule has 0 aromatic carbocycles. The van der Waals surface area contributed by atoms with Crippen LogP contribution in [0.1, 0.15) is 48.2 Å². The summed E-state index contributed by atoms with van der Waals surface area (Å²) in [5, 5.41) is 12.0. The van der Waals surface area contributed by atoms with Crippen molar-refractivity contribution in [1.29, 1.82) is 0 Å². The zero-order chi connectivity index (χ0) is 22.3. The number of carboxylic acids is 1.